The van der Waals surface area contributed by atoms with Gasteiger partial charge in [0.15, 0.2) is 6.29 Å². The number of aliphatic hydroxyl groups excluding tert-OH is 1. The van der Waals surface area contributed by atoms with Gasteiger partial charge in [-0.1, -0.05) is 44.2 Å². The summed E-state index contributed by atoms with van der Waals surface area (Å²) in [6.45, 7) is 5.93. The number of amides is 1. The van der Waals surface area contributed by atoms with Crippen molar-refractivity contribution in [1.29, 1.82) is 0 Å². The molecule has 2 saturated heterocycles. The van der Waals surface area contributed by atoms with Gasteiger partial charge in [0.2, 0.25) is 10.0 Å². The molecule has 2 fully saturated rings. The third kappa shape index (κ3) is 5.97. The van der Waals surface area contributed by atoms with E-state index in [1.54, 1.807) is 0 Å². The van der Waals surface area contributed by atoms with Gasteiger partial charge >= 0.3 is 6.09 Å². The van der Waals surface area contributed by atoms with Crippen molar-refractivity contribution in [1.82, 2.24) is 9.62 Å². The Morgan fingerprint density at radius 1 is 1.16 bits per heavy atom. The molecular weight excluding hydrogens is 510 g/mol. The Hall–Kier alpha value is -2.70. The van der Waals surface area contributed by atoms with Gasteiger partial charge in [-0.3, -0.25) is 5.32 Å². The topological polar surface area (TPSA) is 140 Å². The second-order valence-corrected chi connectivity index (χ2v) is 12.2. The summed E-state index contributed by atoms with van der Waals surface area (Å²) in [6.07, 6.45) is -2.43. The van der Waals surface area contributed by atoms with Crippen LogP contribution < -0.4 is 11.1 Å². The summed E-state index contributed by atoms with van der Waals surface area (Å²) in [4.78, 5) is 13.4. The van der Waals surface area contributed by atoms with Crippen LogP contribution in [0.5, 0.6) is 0 Å². The van der Waals surface area contributed by atoms with Crippen molar-refractivity contribution < 1.29 is 32.5 Å². The van der Waals surface area contributed by atoms with Crippen LogP contribution in [0.4, 0.5) is 10.5 Å². The van der Waals surface area contributed by atoms with Crippen LogP contribution in [0.2, 0.25) is 0 Å². The van der Waals surface area contributed by atoms with Crippen molar-refractivity contribution in [3.8, 4) is 0 Å². The largest absolute Gasteiger partial charge is 0.443 e. The summed E-state index contributed by atoms with van der Waals surface area (Å²) in [5.41, 5.74) is 5.17. The number of nitrogens with zero attached hydrogens (tertiary/aromatic N) is 1. The lowest BCUT2D eigenvalue weighted by Crippen LogP contribution is -2.69. The van der Waals surface area contributed by atoms with E-state index in [1.807, 2.05) is 44.2 Å². The predicted octanol–water partition coefficient (Wildman–Crippen LogP) is 2.72. The monoisotopic (exact) mass is 547 g/mol. The average molecular weight is 548 g/mol. The zero-order chi connectivity index (χ0) is 27.5. The summed E-state index contributed by atoms with van der Waals surface area (Å²) in [7, 11) is -4.22. The Morgan fingerprint density at radius 2 is 1.84 bits per heavy atom. The number of fused-ring (bicyclic) bond motifs is 1. The van der Waals surface area contributed by atoms with Gasteiger partial charge in [0.1, 0.15) is 11.8 Å². The van der Waals surface area contributed by atoms with E-state index in [2.05, 4.69) is 5.32 Å². The molecule has 2 aliphatic rings. The Bertz CT molecular complexity index is 1190. The number of carbonyl (C=O) groups excluding carboxylic acids is 1. The quantitative estimate of drug-likeness (QED) is 0.305. The lowest BCUT2D eigenvalue weighted by molar-refractivity contribution is -0.0907. The standard InChI is InChI=1S/C27H37N3O7S/c1-18(2)16-30(38(33,34)22-11-9-21(28)10-12-22)27(19(3)31,15-20-7-5-4-6-8-20)29-26(32)37-24-17-36-25-23(24)13-14-35-25/h4-12,18-19,23-25,31H,13-17,28H2,1-3H3,(H,29,32)/t19-,23+,24+,25-,27+/m1/s1. The minimum Gasteiger partial charge on any atom is -0.443 e. The fourth-order valence-electron chi connectivity index (χ4n) is 5.03. The Balaban J connectivity index is 1.75. The van der Waals surface area contributed by atoms with Crippen molar-refractivity contribution in [3.05, 3.63) is 60.2 Å². The smallest absolute Gasteiger partial charge is 0.409 e. The normalized spacial score (nSPS) is 23.7. The first-order valence-electron chi connectivity index (χ1n) is 12.9. The maximum Gasteiger partial charge on any atom is 0.409 e. The number of aliphatic hydroxyl groups is 1. The van der Waals surface area contributed by atoms with Gasteiger partial charge in [-0.15, -0.1) is 0 Å². The molecule has 2 aromatic rings. The maximum absolute atomic E-state index is 14.1. The molecule has 0 spiro atoms. The van der Waals surface area contributed by atoms with E-state index in [4.69, 9.17) is 19.9 Å². The number of benzene rings is 2. The molecule has 4 N–H and O–H groups in total. The molecule has 0 bridgehead atoms. The third-order valence-electron chi connectivity index (χ3n) is 7.01. The van der Waals surface area contributed by atoms with Gasteiger partial charge < -0.3 is 25.1 Å². The molecule has 1 amide bonds. The highest BCUT2D eigenvalue weighted by atomic mass is 32.2. The van der Waals surface area contributed by atoms with Crippen LogP contribution in [-0.2, 0) is 30.7 Å². The molecule has 0 aliphatic carbocycles. The van der Waals surface area contributed by atoms with Crippen molar-refractivity contribution in [2.45, 2.75) is 62.7 Å². The number of carbonyl (C=O) groups is 1. The summed E-state index contributed by atoms with van der Waals surface area (Å²) in [5, 5.41) is 14.1. The fourth-order valence-corrected chi connectivity index (χ4v) is 6.95. The van der Waals surface area contributed by atoms with Crippen LogP contribution in [0, 0.1) is 11.8 Å². The van der Waals surface area contributed by atoms with Gasteiger partial charge in [-0.05, 0) is 49.1 Å². The van der Waals surface area contributed by atoms with Crippen LogP contribution in [0.3, 0.4) is 0 Å². The van der Waals surface area contributed by atoms with Crippen molar-refractivity contribution in [2.75, 3.05) is 25.5 Å². The van der Waals surface area contributed by atoms with Crippen molar-refractivity contribution >= 4 is 21.8 Å². The molecule has 5 atom stereocenters. The van der Waals surface area contributed by atoms with Crippen LogP contribution >= 0.6 is 0 Å². The zero-order valence-corrected chi connectivity index (χ0v) is 22.8. The second-order valence-electron chi connectivity index (χ2n) is 10.4. The molecule has 2 aromatic carbocycles. The summed E-state index contributed by atoms with van der Waals surface area (Å²) >= 11 is 0. The number of rotatable bonds is 10. The van der Waals surface area contributed by atoms with Gasteiger partial charge in [-0.2, -0.15) is 4.31 Å². The highest BCUT2D eigenvalue weighted by Gasteiger charge is 2.51. The van der Waals surface area contributed by atoms with Crippen LogP contribution in [-0.4, -0.2) is 67.8 Å². The first-order chi connectivity index (χ1) is 18.0. The van der Waals surface area contributed by atoms with E-state index >= 15 is 0 Å². The van der Waals surface area contributed by atoms with Crippen molar-refractivity contribution in [3.63, 3.8) is 0 Å². The second kappa shape index (κ2) is 11.6. The molecular formula is C27H37N3O7S. The molecule has 208 valence electrons. The molecule has 11 heteroatoms. The van der Waals surface area contributed by atoms with Gasteiger partial charge in [0.05, 0.1) is 30.1 Å². The van der Waals surface area contributed by atoms with Gasteiger partial charge in [0, 0.05) is 18.7 Å². The zero-order valence-electron chi connectivity index (χ0n) is 21.9. The number of hydrogen-bond donors (Lipinski definition) is 3. The number of hydrogen-bond acceptors (Lipinski definition) is 8. The third-order valence-corrected chi connectivity index (χ3v) is 8.94. The van der Waals surface area contributed by atoms with Crippen molar-refractivity contribution in [2.24, 2.45) is 11.8 Å². The number of sulfonamides is 1. The predicted molar refractivity (Wildman–Crippen MR) is 141 cm³/mol. The lowest BCUT2D eigenvalue weighted by atomic mass is 9.93. The number of ether oxygens (including phenoxy) is 3. The number of nitrogens with one attached hydrogen (secondary N) is 1. The maximum atomic E-state index is 14.1. The van der Waals surface area contributed by atoms with Gasteiger partial charge in [0.25, 0.3) is 0 Å². The molecule has 2 aliphatic heterocycles. The van der Waals surface area contributed by atoms with E-state index in [9.17, 15) is 18.3 Å². The number of nitrogens with two attached hydrogens (primary N) is 1. The summed E-state index contributed by atoms with van der Waals surface area (Å²) < 4.78 is 46.3. The highest BCUT2D eigenvalue weighted by Crippen LogP contribution is 2.34. The molecule has 0 unspecified atom stereocenters. The Labute approximate surface area is 224 Å². The van der Waals surface area contributed by atoms with Gasteiger partial charge in [-0.25, -0.2) is 13.2 Å². The van der Waals surface area contributed by atoms with E-state index in [0.717, 1.165) is 5.56 Å². The number of nitrogen functional groups attached to an aromatic ring is 1. The first-order valence-corrected chi connectivity index (χ1v) is 14.3. The van der Waals surface area contributed by atoms with Crippen LogP contribution in [0.15, 0.2) is 59.5 Å². The molecule has 0 aromatic heterocycles. The highest BCUT2D eigenvalue weighted by molar-refractivity contribution is 7.89. The number of alkyl carbamates (subject to hydrolysis) is 1. The SMILES string of the molecule is CC(C)CN([C@](Cc1ccccc1)(NC(=O)O[C@H]1CO[C@H]2OCC[C@H]21)[C@@H](C)O)S(=O)(=O)c1ccc(N)cc1. The van der Waals surface area contributed by atoms with Crippen LogP contribution in [0.1, 0.15) is 32.8 Å². The fraction of sp³-hybridized carbons (Fsp3) is 0.519. The van der Waals surface area contributed by atoms with Crippen LogP contribution in [0.25, 0.3) is 0 Å². The van der Waals surface area contributed by atoms with E-state index in [1.165, 1.54) is 35.5 Å². The first kappa shape index (κ1) is 28.3. The van der Waals surface area contributed by atoms with E-state index in [0.29, 0.717) is 18.7 Å². The van der Waals surface area contributed by atoms with E-state index < -0.39 is 40.3 Å². The molecule has 0 radical (unpaired) electrons. The number of anilines is 1. The Morgan fingerprint density at radius 3 is 2.47 bits per heavy atom. The Kier molecular flexibility index (Phi) is 8.63. The minimum atomic E-state index is -4.22. The lowest BCUT2D eigenvalue weighted by Gasteiger charge is -2.46. The average Bonchev–Trinajstić information content (AvgIpc) is 3.48. The minimum absolute atomic E-state index is 0.00212. The summed E-state index contributed by atoms with van der Waals surface area (Å²) in [5.74, 6) is -0.231. The molecule has 4 rings (SSSR count). The molecule has 0 saturated carbocycles. The summed E-state index contributed by atoms with van der Waals surface area (Å²) in [6, 6.07) is 15.0. The van der Waals surface area contributed by atoms with E-state index in [-0.39, 0.29) is 36.3 Å². The molecule has 2 heterocycles. The molecule has 38 heavy (non-hydrogen) atoms. The molecule has 10 nitrogen and oxygen atoms in total.